The number of hydrogen-bond donors (Lipinski definition) is 1. The Morgan fingerprint density at radius 2 is 1.95 bits per heavy atom. The van der Waals surface area contributed by atoms with Crippen LogP contribution in [0.1, 0.15) is 10.5 Å². The Morgan fingerprint density at radius 3 is 2.55 bits per heavy atom. The third-order valence-corrected chi connectivity index (χ3v) is 3.18. The van der Waals surface area contributed by atoms with Crippen molar-refractivity contribution in [3.05, 3.63) is 52.4 Å². The van der Waals surface area contributed by atoms with E-state index >= 15 is 0 Å². The van der Waals surface area contributed by atoms with Gasteiger partial charge in [-0.05, 0) is 24.3 Å². The molecule has 0 aliphatic carbocycles. The van der Waals surface area contributed by atoms with Gasteiger partial charge in [-0.1, -0.05) is 23.2 Å². The second kappa shape index (κ2) is 5.70. The summed E-state index contributed by atoms with van der Waals surface area (Å²) in [7, 11) is 0. The van der Waals surface area contributed by atoms with E-state index in [-0.39, 0.29) is 10.8 Å². The van der Waals surface area contributed by atoms with Gasteiger partial charge >= 0.3 is 5.97 Å². The lowest BCUT2D eigenvalue weighted by molar-refractivity contribution is 0.0690. The van der Waals surface area contributed by atoms with E-state index in [2.05, 4.69) is 20.3 Å². The van der Waals surface area contributed by atoms with E-state index < -0.39 is 5.97 Å². The number of pyridine rings is 1. The maximum atomic E-state index is 11.2. The largest absolute Gasteiger partial charge is 0.476 e. The Labute approximate surface area is 134 Å². The predicted octanol–water partition coefficient (Wildman–Crippen LogP) is 2.73. The monoisotopic (exact) mass is 335 g/mol. The minimum atomic E-state index is -1.16. The Morgan fingerprint density at radius 1 is 1.14 bits per heavy atom. The first kappa shape index (κ1) is 14.4. The Bertz CT molecular complexity index is 768. The molecule has 0 aromatic carbocycles. The van der Waals surface area contributed by atoms with Crippen molar-refractivity contribution in [2.75, 3.05) is 0 Å². The molecule has 7 nitrogen and oxygen atoms in total. The number of hydrogen-bond acceptors (Lipinski definition) is 5. The maximum Gasteiger partial charge on any atom is 0.356 e. The number of nitrogens with zero attached hydrogens (tertiary/aromatic N) is 5. The summed E-state index contributed by atoms with van der Waals surface area (Å²) in [5.74, 6) is -0.834. The molecule has 0 amide bonds. The van der Waals surface area contributed by atoms with Crippen molar-refractivity contribution in [1.29, 1.82) is 0 Å². The van der Waals surface area contributed by atoms with Crippen molar-refractivity contribution in [3.63, 3.8) is 0 Å². The van der Waals surface area contributed by atoms with E-state index in [0.717, 1.165) is 0 Å². The molecule has 3 heterocycles. The van der Waals surface area contributed by atoms with Crippen LogP contribution >= 0.6 is 23.2 Å². The molecule has 0 saturated carbocycles. The molecule has 0 unspecified atom stereocenters. The number of carbonyl (C=O) groups is 1. The zero-order valence-electron chi connectivity index (χ0n) is 10.8. The SMILES string of the molecule is O=C(O)c1cc(-c2ccc(Cl)cn2)n(-c2ccc(Cl)nn2)n1. The minimum absolute atomic E-state index is 0.136. The molecule has 9 heteroatoms. The van der Waals surface area contributed by atoms with Gasteiger partial charge in [-0.3, -0.25) is 4.98 Å². The van der Waals surface area contributed by atoms with Crippen molar-refractivity contribution < 1.29 is 9.90 Å². The van der Waals surface area contributed by atoms with E-state index in [1.165, 1.54) is 23.0 Å². The summed E-state index contributed by atoms with van der Waals surface area (Å²) in [5.41, 5.74) is 0.815. The second-order valence-electron chi connectivity index (χ2n) is 4.21. The normalized spacial score (nSPS) is 10.6. The Balaban J connectivity index is 2.17. The third kappa shape index (κ3) is 2.76. The Hall–Kier alpha value is -2.51. The lowest BCUT2D eigenvalue weighted by Gasteiger charge is -2.05. The topological polar surface area (TPSA) is 93.8 Å². The van der Waals surface area contributed by atoms with Crippen LogP contribution in [0.15, 0.2) is 36.5 Å². The quantitative estimate of drug-likeness (QED) is 0.790. The van der Waals surface area contributed by atoms with Gasteiger partial charge in [0.2, 0.25) is 0 Å². The van der Waals surface area contributed by atoms with Gasteiger partial charge in [0.25, 0.3) is 0 Å². The summed E-state index contributed by atoms with van der Waals surface area (Å²) in [6.07, 6.45) is 1.46. The number of carboxylic acids is 1. The molecule has 3 aromatic heterocycles. The number of aromatic carboxylic acids is 1. The zero-order valence-corrected chi connectivity index (χ0v) is 12.3. The summed E-state index contributed by atoms with van der Waals surface area (Å²) in [5, 5.41) is 21.5. The molecule has 0 atom stereocenters. The van der Waals surface area contributed by atoms with Crippen LogP contribution in [0.5, 0.6) is 0 Å². The first-order valence-corrected chi connectivity index (χ1v) is 6.75. The molecule has 110 valence electrons. The fraction of sp³-hybridized carbons (Fsp3) is 0. The van der Waals surface area contributed by atoms with Crippen LogP contribution < -0.4 is 0 Å². The van der Waals surface area contributed by atoms with E-state index in [1.807, 2.05) is 0 Å². The molecule has 3 aromatic rings. The number of halogens is 2. The van der Waals surface area contributed by atoms with Gasteiger partial charge in [-0.15, -0.1) is 10.2 Å². The van der Waals surface area contributed by atoms with Gasteiger partial charge in [0.05, 0.1) is 16.4 Å². The summed E-state index contributed by atoms with van der Waals surface area (Å²) in [6.45, 7) is 0. The lowest BCUT2D eigenvalue weighted by Crippen LogP contribution is -2.05. The summed E-state index contributed by atoms with van der Waals surface area (Å²) in [6, 6.07) is 7.81. The highest BCUT2D eigenvalue weighted by molar-refractivity contribution is 6.30. The van der Waals surface area contributed by atoms with Crippen molar-refractivity contribution in [2.45, 2.75) is 0 Å². The van der Waals surface area contributed by atoms with Crippen LogP contribution in [-0.4, -0.2) is 36.0 Å². The van der Waals surface area contributed by atoms with Gasteiger partial charge in [0, 0.05) is 12.3 Å². The molecular formula is C13H7Cl2N5O2. The molecule has 0 spiro atoms. The summed E-state index contributed by atoms with van der Waals surface area (Å²) in [4.78, 5) is 15.3. The smallest absolute Gasteiger partial charge is 0.356 e. The highest BCUT2D eigenvalue weighted by Crippen LogP contribution is 2.23. The van der Waals surface area contributed by atoms with Crippen LogP contribution in [0.25, 0.3) is 17.2 Å². The molecule has 0 saturated heterocycles. The Kier molecular flexibility index (Phi) is 3.74. The molecule has 0 aliphatic rings. The van der Waals surface area contributed by atoms with Gasteiger partial charge in [-0.2, -0.15) is 5.10 Å². The highest BCUT2D eigenvalue weighted by atomic mass is 35.5. The zero-order chi connectivity index (χ0) is 15.7. The predicted molar refractivity (Wildman–Crippen MR) is 79.4 cm³/mol. The summed E-state index contributed by atoms with van der Waals surface area (Å²) < 4.78 is 1.34. The van der Waals surface area contributed by atoms with Gasteiger partial charge < -0.3 is 5.11 Å². The van der Waals surface area contributed by atoms with Crippen molar-refractivity contribution in [3.8, 4) is 17.2 Å². The number of rotatable bonds is 3. The van der Waals surface area contributed by atoms with Crippen LogP contribution in [0.2, 0.25) is 10.2 Å². The average Bonchev–Trinajstić information content (AvgIpc) is 2.94. The van der Waals surface area contributed by atoms with Crippen LogP contribution in [-0.2, 0) is 0 Å². The van der Waals surface area contributed by atoms with Gasteiger partial charge in [0.15, 0.2) is 16.7 Å². The van der Waals surface area contributed by atoms with E-state index in [4.69, 9.17) is 28.3 Å². The molecular weight excluding hydrogens is 329 g/mol. The average molecular weight is 336 g/mol. The molecule has 22 heavy (non-hydrogen) atoms. The maximum absolute atomic E-state index is 11.2. The van der Waals surface area contributed by atoms with E-state index in [9.17, 15) is 4.79 Å². The minimum Gasteiger partial charge on any atom is -0.476 e. The molecule has 1 N–H and O–H groups in total. The van der Waals surface area contributed by atoms with Crippen molar-refractivity contribution in [1.82, 2.24) is 25.0 Å². The lowest BCUT2D eigenvalue weighted by atomic mass is 10.2. The second-order valence-corrected chi connectivity index (χ2v) is 5.03. The van der Waals surface area contributed by atoms with Gasteiger partial charge in [-0.25, -0.2) is 9.48 Å². The van der Waals surface area contributed by atoms with E-state index in [1.54, 1.807) is 18.2 Å². The molecule has 0 radical (unpaired) electrons. The fourth-order valence-electron chi connectivity index (χ4n) is 1.79. The number of carboxylic acid groups (broad SMARTS) is 1. The summed E-state index contributed by atoms with van der Waals surface area (Å²) >= 11 is 11.5. The first-order chi connectivity index (χ1) is 10.5. The first-order valence-electron chi connectivity index (χ1n) is 5.99. The molecule has 3 rings (SSSR count). The fourth-order valence-corrected chi connectivity index (χ4v) is 2.00. The molecule has 0 bridgehead atoms. The standard InChI is InChI=1S/C13H7Cl2N5O2/c14-7-1-2-8(16-6-7)10-5-9(13(21)22)19-20(10)12-4-3-11(15)17-18-12/h1-6H,(H,21,22). The van der Waals surface area contributed by atoms with Crippen LogP contribution in [0.3, 0.4) is 0 Å². The molecule has 0 fully saturated rings. The third-order valence-electron chi connectivity index (χ3n) is 2.75. The van der Waals surface area contributed by atoms with E-state index in [0.29, 0.717) is 22.2 Å². The van der Waals surface area contributed by atoms with Crippen LogP contribution in [0.4, 0.5) is 0 Å². The van der Waals surface area contributed by atoms with Crippen molar-refractivity contribution in [2.24, 2.45) is 0 Å². The molecule has 0 aliphatic heterocycles. The van der Waals surface area contributed by atoms with Gasteiger partial charge in [0.1, 0.15) is 0 Å². The highest BCUT2D eigenvalue weighted by Gasteiger charge is 2.17. The number of aromatic nitrogens is 5. The van der Waals surface area contributed by atoms with Crippen LogP contribution in [0, 0.1) is 0 Å². The van der Waals surface area contributed by atoms with Crippen molar-refractivity contribution >= 4 is 29.2 Å².